The third-order valence-corrected chi connectivity index (χ3v) is 4.47. The molecular weight excluding hydrogens is 302 g/mol. The molecule has 2 heterocycles. The van der Waals surface area contributed by atoms with Gasteiger partial charge in [-0.1, -0.05) is 0 Å². The van der Waals surface area contributed by atoms with Crippen molar-refractivity contribution in [2.75, 3.05) is 20.2 Å². The Morgan fingerprint density at radius 2 is 1.86 bits per heavy atom. The van der Waals surface area contributed by atoms with Gasteiger partial charge in [-0.3, -0.25) is 0 Å². The van der Waals surface area contributed by atoms with Crippen LogP contribution in [0, 0.1) is 0 Å². The molecular formula is C15H23N3O3S. The Kier molecular flexibility index (Phi) is 5.50. The standard InChI is InChI=1S/C15H23N3O3S/c1-15(2,3)21-14(19)18-7-5-11(6-8-18)22-12-9-16-13(20-4)17-10-12/h9-11H,5-8H2,1-4H3. The van der Waals surface area contributed by atoms with Crippen molar-refractivity contribution in [2.45, 2.75) is 49.4 Å². The van der Waals surface area contributed by atoms with Crippen molar-refractivity contribution < 1.29 is 14.3 Å². The van der Waals surface area contributed by atoms with E-state index in [2.05, 4.69) is 9.97 Å². The molecule has 0 atom stereocenters. The van der Waals surface area contributed by atoms with Crippen molar-refractivity contribution >= 4 is 17.9 Å². The van der Waals surface area contributed by atoms with Crippen LogP contribution in [0.5, 0.6) is 6.01 Å². The maximum atomic E-state index is 12.0. The summed E-state index contributed by atoms with van der Waals surface area (Å²) < 4.78 is 10.4. The van der Waals surface area contributed by atoms with Crippen LogP contribution in [0.25, 0.3) is 0 Å². The Bertz CT molecular complexity index is 494. The first-order valence-electron chi connectivity index (χ1n) is 7.38. The first-order chi connectivity index (χ1) is 10.4. The summed E-state index contributed by atoms with van der Waals surface area (Å²) >= 11 is 1.75. The highest BCUT2D eigenvalue weighted by molar-refractivity contribution is 8.00. The second-order valence-electron chi connectivity index (χ2n) is 6.19. The van der Waals surface area contributed by atoms with Gasteiger partial charge in [-0.05, 0) is 33.6 Å². The zero-order chi connectivity index (χ0) is 16.2. The fourth-order valence-corrected chi connectivity index (χ4v) is 3.20. The molecule has 0 unspecified atom stereocenters. The minimum absolute atomic E-state index is 0.219. The summed E-state index contributed by atoms with van der Waals surface area (Å²) in [6.07, 6.45) is 5.21. The highest BCUT2D eigenvalue weighted by atomic mass is 32.2. The van der Waals surface area contributed by atoms with Gasteiger partial charge in [0, 0.05) is 35.6 Å². The fourth-order valence-electron chi connectivity index (χ4n) is 2.15. The quantitative estimate of drug-likeness (QED) is 0.851. The lowest BCUT2D eigenvalue weighted by Gasteiger charge is -2.33. The van der Waals surface area contributed by atoms with Gasteiger partial charge in [-0.25, -0.2) is 14.8 Å². The SMILES string of the molecule is COc1ncc(SC2CCN(C(=O)OC(C)(C)C)CC2)cn1. The first-order valence-corrected chi connectivity index (χ1v) is 8.26. The van der Waals surface area contributed by atoms with Crippen LogP contribution in [0.2, 0.25) is 0 Å². The third-order valence-electron chi connectivity index (χ3n) is 3.18. The lowest BCUT2D eigenvalue weighted by molar-refractivity contribution is 0.0219. The van der Waals surface area contributed by atoms with E-state index in [1.807, 2.05) is 20.8 Å². The summed E-state index contributed by atoms with van der Waals surface area (Å²) in [4.78, 5) is 23.0. The lowest BCUT2D eigenvalue weighted by Crippen LogP contribution is -2.42. The molecule has 0 saturated carbocycles. The van der Waals surface area contributed by atoms with E-state index in [0.29, 0.717) is 11.3 Å². The van der Waals surface area contributed by atoms with Gasteiger partial charge in [0.2, 0.25) is 0 Å². The molecule has 1 fully saturated rings. The number of aromatic nitrogens is 2. The number of nitrogens with zero attached hydrogens (tertiary/aromatic N) is 3. The number of thioether (sulfide) groups is 1. The molecule has 0 aliphatic carbocycles. The van der Waals surface area contributed by atoms with E-state index in [-0.39, 0.29) is 6.09 Å². The number of carbonyl (C=O) groups is 1. The number of hydrogen-bond donors (Lipinski definition) is 0. The maximum Gasteiger partial charge on any atom is 0.410 e. The van der Waals surface area contributed by atoms with Gasteiger partial charge in [-0.15, -0.1) is 11.8 Å². The topological polar surface area (TPSA) is 64.5 Å². The summed E-state index contributed by atoms with van der Waals surface area (Å²) in [5, 5.41) is 0.468. The van der Waals surface area contributed by atoms with Crippen molar-refractivity contribution in [1.82, 2.24) is 14.9 Å². The number of likely N-dealkylation sites (tertiary alicyclic amines) is 1. The van der Waals surface area contributed by atoms with E-state index in [1.54, 1.807) is 36.2 Å². The zero-order valence-corrected chi connectivity index (χ0v) is 14.4. The van der Waals surface area contributed by atoms with Crippen LogP contribution in [-0.4, -0.2) is 52.0 Å². The Hall–Kier alpha value is -1.50. The number of methoxy groups -OCH3 is 1. The van der Waals surface area contributed by atoms with Gasteiger partial charge in [0.15, 0.2) is 0 Å². The molecule has 7 heteroatoms. The Labute approximate surface area is 135 Å². The van der Waals surface area contributed by atoms with Crippen LogP contribution in [0.15, 0.2) is 17.3 Å². The van der Waals surface area contributed by atoms with Crippen LogP contribution >= 0.6 is 11.8 Å². The second kappa shape index (κ2) is 7.17. The molecule has 1 aliphatic heterocycles. The normalized spacial score (nSPS) is 16.5. The van der Waals surface area contributed by atoms with E-state index < -0.39 is 5.60 Å². The van der Waals surface area contributed by atoms with E-state index >= 15 is 0 Å². The molecule has 0 bridgehead atoms. The van der Waals surface area contributed by atoms with Crippen LogP contribution in [-0.2, 0) is 4.74 Å². The number of ether oxygens (including phenoxy) is 2. The third kappa shape index (κ3) is 5.05. The molecule has 6 nitrogen and oxygen atoms in total. The number of amides is 1. The predicted octanol–water partition coefficient (Wildman–Crippen LogP) is 2.98. The zero-order valence-electron chi connectivity index (χ0n) is 13.5. The molecule has 0 spiro atoms. The summed E-state index contributed by atoms with van der Waals surface area (Å²) in [5.74, 6) is 0. The van der Waals surface area contributed by atoms with Crippen molar-refractivity contribution in [3.8, 4) is 6.01 Å². The van der Waals surface area contributed by atoms with Crippen molar-refractivity contribution in [3.63, 3.8) is 0 Å². The average Bonchev–Trinajstić information content (AvgIpc) is 2.47. The summed E-state index contributed by atoms with van der Waals surface area (Å²) in [5.41, 5.74) is -0.441. The summed E-state index contributed by atoms with van der Waals surface area (Å²) in [6.45, 7) is 7.11. The van der Waals surface area contributed by atoms with Gasteiger partial charge >= 0.3 is 12.1 Å². The fraction of sp³-hybridized carbons (Fsp3) is 0.667. The Balaban J connectivity index is 1.80. The van der Waals surface area contributed by atoms with Crippen molar-refractivity contribution in [1.29, 1.82) is 0 Å². The number of carbonyl (C=O) groups excluding carboxylic acids is 1. The molecule has 22 heavy (non-hydrogen) atoms. The van der Waals surface area contributed by atoms with Crippen LogP contribution in [0.3, 0.4) is 0 Å². The number of rotatable bonds is 3. The van der Waals surface area contributed by atoms with E-state index in [4.69, 9.17) is 9.47 Å². The van der Waals surface area contributed by atoms with E-state index in [0.717, 1.165) is 30.8 Å². The maximum absolute atomic E-state index is 12.0. The van der Waals surface area contributed by atoms with Crippen molar-refractivity contribution in [2.24, 2.45) is 0 Å². The molecule has 0 aromatic carbocycles. The molecule has 0 N–H and O–H groups in total. The Morgan fingerprint density at radius 3 is 2.36 bits per heavy atom. The molecule has 1 amide bonds. The molecule has 0 radical (unpaired) electrons. The van der Waals surface area contributed by atoms with Gasteiger partial charge in [-0.2, -0.15) is 0 Å². The highest BCUT2D eigenvalue weighted by Crippen LogP contribution is 2.30. The summed E-state index contributed by atoms with van der Waals surface area (Å²) in [6, 6.07) is 0.379. The van der Waals surface area contributed by atoms with E-state index in [9.17, 15) is 4.79 Å². The van der Waals surface area contributed by atoms with Crippen molar-refractivity contribution in [3.05, 3.63) is 12.4 Å². The smallest absolute Gasteiger partial charge is 0.410 e. The molecule has 1 aromatic rings. The van der Waals surface area contributed by atoms with Gasteiger partial charge in [0.25, 0.3) is 0 Å². The molecule has 2 rings (SSSR count). The Morgan fingerprint density at radius 1 is 1.27 bits per heavy atom. The second-order valence-corrected chi connectivity index (χ2v) is 7.56. The largest absolute Gasteiger partial charge is 0.467 e. The number of piperidine rings is 1. The minimum Gasteiger partial charge on any atom is -0.467 e. The first kappa shape index (κ1) is 16.9. The van der Waals surface area contributed by atoms with Crippen LogP contribution in [0.4, 0.5) is 4.79 Å². The minimum atomic E-state index is -0.441. The lowest BCUT2D eigenvalue weighted by atomic mass is 10.1. The average molecular weight is 325 g/mol. The molecule has 1 saturated heterocycles. The summed E-state index contributed by atoms with van der Waals surface area (Å²) in [7, 11) is 1.55. The monoisotopic (exact) mass is 325 g/mol. The van der Waals surface area contributed by atoms with E-state index in [1.165, 1.54) is 0 Å². The van der Waals surface area contributed by atoms with Gasteiger partial charge in [0.05, 0.1) is 7.11 Å². The highest BCUT2D eigenvalue weighted by Gasteiger charge is 2.27. The molecule has 1 aliphatic rings. The van der Waals surface area contributed by atoms with Gasteiger partial charge < -0.3 is 14.4 Å². The predicted molar refractivity (Wildman–Crippen MR) is 85.3 cm³/mol. The molecule has 1 aromatic heterocycles. The number of hydrogen-bond acceptors (Lipinski definition) is 6. The molecule has 122 valence electrons. The van der Waals surface area contributed by atoms with Crippen LogP contribution < -0.4 is 4.74 Å². The van der Waals surface area contributed by atoms with Gasteiger partial charge in [0.1, 0.15) is 5.60 Å². The van der Waals surface area contributed by atoms with Crippen LogP contribution in [0.1, 0.15) is 33.6 Å².